The second-order valence-corrected chi connectivity index (χ2v) is 5.82. The Kier molecular flexibility index (Phi) is 5.03. The molecule has 0 spiro atoms. The van der Waals surface area contributed by atoms with Crippen LogP contribution < -0.4 is 0 Å². The van der Waals surface area contributed by atoms with Gasteiger partial charge in [0.1, 0.15) is 5.76 Å². The lowest BCUT2D eigenvalue weighted by molar-refractivity contribution is -0.138. The van der Waals surface area contributed by atoms with E-state index in [4.69, 9.17) is 9.15 Å². The van der Waals surface area contributed by atoms with Gasteiger partial charge in [-0.2, -0.15) is 4.68 Å². The molecule has 0 radical (unpaired) electrons. The van der Waals surface area contributed by atoms with E-state index in [0.717, 1.165) is 5.56 Å². The Hall–Kier alpha value is -3.22. The normalized spacial score (nSPS) is 11.7. The lowest BCUT2D eigenvalue weighted by atomic mass is 10.2. The number of tetrazole rings is 1. The standard InChI is InChI=1S/C18H18N4O3/c1-13(2)12-25-18(23)16(11-15-9-6-10-24-15)22-17(19-20-21-22)14-7-4-3-5-8-14/h3-11,13H,12H2,1-2H3/b16-11-. The van der Waals surface area contributed by atoms with Crippen molar-refractivity contribution >= 4 is 17.7 Å². The Labute approximate surface area is 144 Å². The first kappa shape index (κ1) is 16.6. The van der Waals surface area contributed by atoms with Gasteiger partial charge in [-0.15, -0.1) is 5.10 Å². The van der Waals surface area contributed by atoms with Crippen molar-refractivity contribution in [2.75, 3.05) is 6.61 Å². The van der Waals surface area contributed by atoms with E-state index in [-0.39, 0.29) is 11.6 Å². The quantitative estimate of drug-likeness (QED) is 0.507. The molecule has 0 bridgehead atoms. The highest BCUT2D eigenvalue weighted by molar-refractivity contribution is 6.15. The molecular formula is C18H18N4O3. The molecule has 0 aliphatic carbocycles. The van der Waals surface area contributed by atoms with Gasteiger partial charge in [0, 0.05) is 11.6 Å². The average molecular weight is 338 g/mol. The van der Waals surface area contributed by atoms with E-state index in [1.54, 1.807) is 18.2 Å². The fraction of sp³-hybridized carbons (Fsp3) is 0.222. The molecular weight excluding hydrogens is 320 g/mol. The number of carbonyl (C=O) groups excluding carboxylic acids is 1. The minimum absolute atomic E-state index is 0.180. The van der Waals surface area contributed by atoms with Crippen molar-refractivity contribution in [1.29, 1.82) is 0 Å². The molecule has 25 heavy (non-hydrogen) atoms. The molecule has 0 atom stereocenters. The number of aromatic nitrogens is 4. The van der Waals surface area contributed by atoms with Crippen molar-refractivity contribution < 1.29 is 13.9 Å². The fourth-order valence-corrected chi connectivity index (χ4v) is 2.15. The Morgan fingerprint density at radius 2 is 2.04 bits per heavy atom. The van der Waals surface area contributed by atoms with Crippen LogP contribution in [0, 0.1) is 5.92 Å². The van der Waals surface area contributed by atoms with E-state index in [0.29, 0.717) is 18.2 Å². The van der Waals surface area contributed by atoms with Crippen LogP contribution in [0.1, 0.15) is 19.6 Å². The molecule has 128 valence electrons. The van der Waals surface area contributed by atoms with Gasteiger partial charge in [0.15, 0.2) is 11.5 Å². The Bertz CT molecular complexity index is 852. The first-order valence-electron chi connectivity index (χ1n) is 7.91. The summed E-state index contributed by atoms with van der Waals surface area (Å²) in [5.74, 6) is 0.650. The van der Waals surface area contributed by atoms with Gasteiger partial charge in [0.25, 0.3) is 0 Å². The maximum absolute atomic E-state index is 12.6. The molecule has 0 amide bonds. The average Bonchev–Trinajstić information content (AvgIpc) is 3.29. The maximum atomic E-state index is 12.6. The fourth-order valence-electron chi connectivity index (χ4n) is 2.15. The van der Waals surface area contributed by atoms with Gasteiger partial charge in [0.2, 0.25) is 0 Å². The second kappa shape index (κ2) is 7.57. The Morgan fingerprint density at radius 1 is 1.24 bits per heavy atom. The summed E-state index contributed by atoms with van der Waals surface area (Å²) >= 11 is 0. The molecule has 2 aromatic heterocycles. The molecule has 3 rings (SSSR count). The summed E-state index contributed by atoms with van der Waals surface area (Å²) in [5, 5.41) is 11.7. The lowest BCUT2D eigenvalue weighted by Crippen LogP contribution is -2.17. The number of esters is 1. The lowest BCUT2D eigenvalue weighted by Gasteiger charge is -2.11. The molecule has 7 heteroatoms. The Balaban J connectivity index is 2.01. The molecule has 0 aliphatic rings. The van der Waals surface area contributed by atoms with E-state index in [1.165, 1.54) is 10.9 Å². The molecule has 0 fully saturated rings. The number of hydrogen-bond acceptors (Lipinski definition) is 6. The summed E-state index contributed by atoms with van der Waals surface area (Å²) in [6.45, 7) is 4.24. The van der Waals surface area contributed by atoms with Crippen molar-refractivity contribution in [3.8, 4) is 11.4 Å². The van der Waals surface area contributed by atoms with Gasteiger partial charge in [-0.1, -0.05) is 44.2 Å². The molecule has 7 nitrogen and oxygen atoms in total. The van der Waals surface area contributed by atoms with Crippen LogP contribution in [0.15, 0.2) is 53.1 Å². The zero-order valence-electron chi connectivity index (χ0n) is 14.0. The maximum Gasteiger partial charge on any atom is 0.357 e. The zero-order valence-corrected chi connectivity index (χ0v) is 14.0. The van der Waals surface area contributed by atoms with Crippen LogP contribution in [-0.4, -0.2) is 32.8 Å². The number of furan rings is 1. The number of ether oxygens (including phenoxy) is 1. The van der Waals surface area contributed by atoms with E-state index in [9.17, 15) is 4.79 Å². The second-order valence-electron chi connectivity index (χ2n) is 5.82. The third kappa shape index (κ3) is 4.00. The molecule has 0 saturated heterocycles. The number of nitrogens with zero attached hydrogens (tertiary/aromatic N) is 4. The molecule has 2 heterocycles. The summed E-state index contributed by atoms with van der Waals surface area (Å²) in [6.07, 6.45) is 3.09. The zero-order chi connectivity index (χ0) is 17.6. The van der Waals surface area contributed by atoms with Crippen molar-refractivity contribution in [1.82, 2.24) is 20.2 Å². The van der Waals surface area contributed by atoms with Gasteiger partial charge in [-0.3, -0.25) is 0 Å². The minimum atomic E-state index is -0.519. The van der Waals surface area contributed by atoms with Gasteiger partial charge < -0.3 is 9.15 Å². The van der Waals surface area contributed by atoms with Crippen molar-refractivity contribution in [3.05, 3.63) is 54.5 Å². The van der Waals surface area contributed by atoms with E-state index in [2.05, 4.69) is 15.5 Å². The van der Waals surface area contributed by atoms with Crippen molar-refractivity contribution in [2.45, 2.75) is 13.8 Å². The van der Waals surface area contributed by atoms with Crippen LogP contribution in [0.25, 0.3) is 23.2 Å². The summed E-state index contributed by atoms with van der Waals surface area (Å²) in [6, 6.07) is 12.9. The molecule has 0 aliphatic heterocycles. The molecule has 0 saturated carbocycles. The van der Waals surface area contributed by atoms with Crippen LogP contribution >= 0.6 is 0 Å². The van der Waals surface area contributed by atoms with Gasteiger partial charge >= 0.3 is 5.97 Å². The summed E-state index contributed by atoms with van der Waals surface area (Å²) in [4.78, 5) is 12.6. The van der Waals surface area contributed by atoms with Gasteiger partial charge in [-0.05, 0) is 28.5 Å². The van der Waals surface area contributed by atoms with Gasteiger partial charge in [-0.25, -0.2) is 4.79 Å². The molecule has 1 aromatic carbocycles. The SMILES string of the molecule is CC(C)COC(=O)/C(=C/c1ccco1)n1nnnc1-c1ccccc1. The Morgan fingerprint density at radius 3 is 2.72 bits per heavy atom. The first-order chi connectivity index (χ1) is 12.1. The number of rotatable bonds is 6. The molecule has 0 unspecified atom stereocenters. The van der Waals surface area contributed by atoms with E-state index >= 15 is 0 Å². The number of carbonyl (C=O) groups is 1. The third-order valence-corrected chi connectivity index (χ3v) is 3.31. The predicted octanol–water partition coefficient (Wildman–Crippen LogP) is 3.13. The van der Waals surface area contributed by atoms with E-state index < -0.39 is 5.97 Å². The minimum Gasteiger partial charge on any atom is -0.465 e. The van der Waals surface area contributed by atoms with Gasteiger partial charge in [0.05, 0.1) is 12.9 Å². The first-order valence-corrected chi connectivity index (χ1v) is 7.91. The van der Waals surface area contributed by atoms with E-state index in [1.807, 2.05) is 44.2 Å². The highest BCUT2D eigenvalue weighted by atomic mass is 16.5. The smallest absolute Gasteiger partial charge is 0.357 e. The monoisotopic (exact) mass is 338 g/mol. The summed E-state index contributed by atoms with van der Waals surface area (Å²) < 4.78 is 12.0. The summed E-state index contributed by atoms with van der Waals surface area (Å²) in [5.41, 5.74) is 0.967. The van der Waals surface area contributed by atoms with Crippen LogP contribution in [0.3, 0.4) is 0 Å². The highest BCUT2D eigenvalue weighted by Gasteiger charge is 2.21. The largest absolute Gasteiger partial charge is 0.465 e. The molecule has 3 aromatic rings. The van der Waals surface area contributed by atoms with Crippen LogP contribution in [-0.2, 0) is 9.53 Å². The van der Waals surface area contributed by atoms with Crippen molar-refractivity contribution in [2.24, 2.45) is 5.92 Å². The molecule has 0 N–H and O–H groups in total. The number of benzene rings is 1. The third-order valence-electron chi connectivity index (χ3n) is 3.31. The summed E-state index contributed by atoms with van der Waals surface area (Å²) in [7, 11) is 0. The highest BCUT2D eigenvalue weighted by Crippen LogP contribution is 2.21. The van der Waals surface area contributed by atoms with Crippen LogP contribution in [0.5, 0.6) is 0 Å². The predicted molar refractivity (Wildman–Crippen MR) is 91.9 cm³/mol. The van der Waals surface area contributed by atoms with Crippen LogP contribution in [0.2, 0.25) is 0 Å². The number of hydrogen-bond donors (Lipinski definition) is 0. The van der Waals surface area contributed by atoms with Crippen LogP contribution in [0.4, 0.5) is 0 Å². The topological polar surface area (TPSA) is 83.0 Å². The van der Waals surface area contributed by atoms with Crippen molar-refractivity contribution in [3.63, 3.8) is 0 Å².